The van der Waals surface area contributed by atoms with Gasteiger partial charge in [0.15, 0.2) is 0 Å². The maximum atomic E-state index is 12.6. The highest BCUT2D eigenvalue weighted by Gasteiger charge is 2.11. The highest BCUT2D eigenvalue weighted by atomic mass is 31.2. The minimum absolute atomic E-state index is 0.508. The fourth-order valence-corrected chi connectivity index (χ4v) is 1.65. The third-order valence-corrected chi connectivity index (χ3v) is 2.19. The Morgan fingerprint density at radius 1 is 1.50 bits per heavy atom. The van der Waals surface area contributed by atoms with Crippen molar-refractivity contribution in [1.29, 1.82) is 0 Å². The van der Waals surface area contributed by atoms with Gasteiger partial charge in [0.25, 0.3) is 0 Å². The van der Waals surface area contributed by atoms with Gasteiger partial charge in [-0.3, -0.25) is 4.57 Å². The summed E-state index contributed by atoms with van der Waals surface area (Å²) in [5.41, 5.74) is 0. The van der Waals surface area contributed by atoms with E-state index >= 15 is 0 Å². The standard InChI is InChI=1S/C7H16FN2OP/c1-5-10(6-2)7(3)9-12(4,8)11/h5-6H2,1-4H3/b9-7+/t12-/m0/s1. The first-order chi connectivity index (χ1) is 5.40. The Labute approximate surface area is 73.2 Å². The van der Waals surface area contributed by atoms with E-state index in [0.717, 1.165) is 19.8 Å². The van der Waals surface area contributed by atoms with Crippen molar-refractivity contribution in [1.82, 2.24) is 4.90 Å². The Kier molecular flexibility index (Phi) is 4.46. The minimum atomic E-state index is -3.76. The quantitative estimate of drug-likeness (QED) is 0.393. The second-order valence-corrected chi connectivity index (χ2v) is 4.35. The zero-order valence-electron chi connectivity index (χ0n) is 8.04. The van der Waals surface area contributed by atoms with E-state index in [9.17, 15) is 8.76 Å². The highest BCUT2D eigenvalue weighted by molar-refractivity contribution is 7.56. The van der Waals surface area contributed by atoms with Crippen molar-refractivity contribution in [2.45, 2.75) is 20.8 Å². The van der Waals surface area contributed by atoms with Gasteiger partial charge in [0.1, 0.15) is 5.84 Å². The summed E-state index contributed by atoms with van der Waals surface area (Å²) in [6.07, 6.45) is 0. The first-order valence-electron chi connectivity index (χ1n) is 3.99. The van der Waals surface area contributed by atoms with Gasteiger partial charge in [-0.05, 0) is 20.8 Å². The van der Waals surface area contributed by atoms with Gasteiger partial charge in [-0.2, -0.15) is 8.96 Å². The lowest BCUT2D eigenvalue weighted by Crippen LogP contribution is -2.27. The molecule has 0 saturated carbocycles. The van der Waals surface area contributed by atoms with Crippen LogP contribution in [0.2, 0.25) is 0 Å². The number of halogens is 1. The molecule has 0 aromatic heterocycles. The van der Waals surface area contributed by atoms with Crippen LogP contribution in [0.5, 0.6) is 0 Å². The smallest absolute Gasteiger partial charge is 0.350 e. The Morgan fingerprint density at radius 2 is 1.92 bits per heavy atom. The number of nitrogens with zero attached hydrogens (tertiary/aromatic N) is 2. The Bertz CT molecular complexity index is 207. The largest absolute Gasteiger partial charge is 0.361 e. The van der Waals surface area contributed by atoms with Crippen LogP contribution in [-0.4, -0.2) is 30.5 Å². The number of rotatable bonds is 3. The third-order valence-electron chi connectivity index (χ3n) is 1.54. The summed E-state index contributed by atoms with van der Waals surface area (Å²) in [4.78, 5) is 1.86. The third kappa shape index (κ3) is 4.50. The molecule has 0 unspecified atom stereocenters. The summed E-state index contributed by atoms with van der Waals surface area (Å²) < 4.78 is 26.8. The molecule has 0 aliphatic rings. The molecular formula is C7H16FN2OP. The van der Waals surface area contributed by atoms with E-state index in [2.05, 4.69) is 4.76 Å². The lowest BCUT2D eigenvalue weighted by atomic mass is 10.5. The summed E-state index contributed by atoms with van der Waals surface area (Å²) in [6, 6.07) is 0. The molecule has 3 nitrogen and oxygen atoms in total. The summed E-state index contributed by atoms with van der Waals surface area (Å²) in [5.74, 6) is 0.508. The van der Waals surface area contributed by atoms with Crippen LogP contribution in [0.3, 0.4) is 0 Å². The van der Waals surface area contributed by atoms with Crippen LogP contribution in [0.25, 0.3) is 0 Å². The van der Waals surface area contributed by atoms with Crippen LogP contribution in [-0.2, 0) is 4.57 Å². The van der Waals surface area contributed by atoms with Crippen molar-refractivity contribution in [3.05, 3.63) is 0 Å². The van der Waals surface area contributed by atoms with Gasteiger partial charge < -0.3 is 4.90 Å². The molecule has 0 radical (unpaired) electrons. The topological polar surface area (TPSA) is 32.7 Å². The van der Waals surface area contributed by atoms with E-state index in [-0.39, 0.29) is 0 Å². The molecule has 0 aromatic carbocycles. The monoisotopic (exact) mass is 194 g/mol. The fourth-order valence-electron chi connectivity index (χ4n) is 1.00. The number of hydrogen-bond donors (Lipinski definition) is 0. The van der Waals surface area contributed by atoms with Gasteiger partial charge in [-0.15, -0.1) is 0 Å². The first-order valence-corrected chi connectivity index (χ1v) is 5.99. The lowest BCUT2D eigenvalue weighted by molar-refractivity contribution is 0.462. The average molecular weight is 194 g/mol. The molecule has 1 atom stereocenters. The molecule has 0 bridgehead atoms. The molecule has 0 saturated heterocycles. The fraction of sp³-hybridized carbons (Fsp3) is 0.857. The van der Waals surface area contributed by atoms with Crippen molar-refractivity contribution in [2.75, 3.05) is 19.8 Å². The van der Waals surface area contributed by atoms with Crippen molar-refractivity contribution in [2.24, 2.45) is 4.76 Å². The zero-order valence-corrected chi connectivity index (χ0v) is 8.94. The molecule has 0 aliphatic carbocycles. The average Bonchev–Trinajstić information content (AvgIpc) is 1.85. The van der Waals surface area contributed by atoms with E-state index in [4.69, 9.17) is 0 Å². The molecule has 12 heavy (non-hydrogen) atoms. The van der Waals surface area contributed by atoms with Crippen LogP contribution in [0.15, 0.2) is 4.76 Å². The van der Waals surface area contributed by atoms with Crippen molar-refractivity contribution in [3.63, 3.8) is 0 Å². The summed E-state index contributed by atoms with van der Waals surface area (Å²) in [5, 5.41) is 0. The summed E-state index contributed by atoms with van der Waals surface area (Å²) >= 11 is 0. The maximum absolute atomic E-state index is 12.6. The van der Waals surface area contributed by atoms with E-state index in [1.54, 1.807) is 6.92 Å². The van der Waals surface area contributed by atoms with E-state index in [0.29, 0.717) is 5.84 Å². The van der Waals surface area contributed by atoms with Gasteiger partial charge in [0.05, 0.1) is 0 Å². The maximum Gasteiger partial charge on any atom is 0.350 e. The van der Waals surface area contributed by atoms with Gasteiger partial charge in [-0.25, -0.2) is 0 Å². The van der Waals surface area contributed by atoms with E-state index in [1.165, 1.54) is 0 Å². The van der Waals surface area contributed by atoms with Crippen molar-refractivity contribution >= 4 is 13.4 Å². The molecule has 5 heteroatoms. The van der Waals surface area contributed by atoms with E-state index < -0.39 is 7.60 Å². The Balaban J connectivity index is 4.45. The Hall–Kier alpha value is -0.370. The predicted molar refractivity (Wildman–Crippen MR) is 50.7 cm³/mol. The molecule has 0 aromatic rings. The van der Waals surface area contributed by atoms with Crippen molar-refractivity contribution in [3.8, 4) is 0 Å². The van der Waals surface area contributed by atoms with Crippen LogP contribution in [0.1, 0.15) is 20.8 Å². The molecule has 0 amide bonds. The number of amidine groups is 1. The second kappa shape index (κ2) is 4.61. The van der Waals surface area contributed by atoms with Gasteiger partial charge in [0.2, 0.25) is 0 Å². The normalized spacial score (nSPS) is 17.2. The van der Waals surface area contributed by atoms with Crippen molar-refractivity contribution < 1.29 is 8.76 Å². The van der Waals surface area contributed by atoms with E-state index in [1.807, 2.05) is 18.7 Å². The van der Waals surface area contributed by atoms with Gasteiger partial charge in [-0.1, -0.05) is 0 Å². The second-order valence-electron chi connectivity index (χ2n) is 2.60. The predicted octanol–water partition coefficient (Wildman–Crippen LogP) is 2.54. The SMILES string of the molecule is CCN(CC)/C(C)=N/[P@@](C)(=O)F. The molecule has 0 fully saturated rings. The molecular weight excluding hydrogens is 178 g/mol. The Morgan fingerprint density at radius 3 is 2.17 bits per heavy atom. The van der Waals surface area contributed by atoms with Crippen LogP contribution >= 0.6 is 7.60 Å². The number of hydrogen-bond acceptors (Lipinski definition) is 1. The van der Waals surface area contributed by atoms with Crippen LogP contribution < -0.4 is 0 Å². The molecule has 0 aliphatic heterocycles. The van der Waals surface area contributed by atoms with Gasteiger partial charge >= 0.3 is 7.60 Å². The van der Waals surface area contributed by atoms with Gasteiger partial charge in [0, 0.05) is 19.8 Å². The highest BCUT2D eigenvalue weighted by Crippen LogP contribution is 2.44. The molecule has 72 valence electrons. The minimum Gasteiger partial charge on any atom is -0.361 e. The summed E-state index contributed by atoms with van der Waals surface area (Å²) in [6.45, 7) is 8.09. The lowest BCUT2D eigenvalue weighted by Gasteiger charge is -2.19. The molecule has 0 spiro atoms. The van der Waals surface area contributed by atoms with Crippen LogP contribution in [0.4, 0.5) is 4.20 Å². The summed E-state index contributed by atoms with van der Waals surface area (Å²) in [7, 11) is -3.76. The zero-order chi connectivity index (χ0) is 9.78. The first kappa shape index (κ1) is 11.6. The molecule has 0 heterocycles. The molecule has 0 rings (SSSR count). The van der Waals surface area contributed by atoms with Crippen LogP contribution in [0, 0.1) is 0 Å². The molecule has 0 N–H and O–H groups in total.